The van der Waals surface area contributed by atoms with Gasteiger partial charge in [0, 0.05) is 36.6 Å². The Kier molecular flexibility index (Phi) is 2.98. The van der Waals surface area contributed by atoms with Crippen LogP contribution in [-0.4, -0.2) is 18.8 Å². The van der Waals surface area contributed by atoms with Gasteiger partial charge in [0.05, 0.1) is 16.4 Å². The smallest absolute Gasteiger partial charge is 0.155 e. The topological polar surface area (TPSA) is 34.6 Å². The third-order valence-electron chi connectivity index (χ3n) is 5.12. The van der Waals surface area contributed by atoms with Gasteiger partial charge < -0.3 is 8.80 Å². The highest BCUT2D eigenvalue weighted by Crippen LogP contribution is 2.48. The van der Waals surface area contributed by atoms with Crippen molar-refractivity contribution >= 4 is 22.9 Å². The molecule has 5 heteroatoms. The van der Waals surface area contributed by atoms with Gasteiger partial charge in [-0.1, -0.05) is 11.6 Å². The van der Waals surface area contributed by atoms with E-state index >= 15 is 0 Å². The van der Waals surface area contributed by atoms with E-state index in [-0.39, 0.29) is 0 Å². The molecule has 4 nitrogen and oxygen atoms in total. The highest BCUT2D eigenvalue weighted by molar-refractivity contribution is 6.33. The lowest BCUT2D eigenvalue weighted by atomic mass is 9.70. The predicted octanol–water partition coefficient (Wildman–Crippen LogP) is 4.61. The van der Waals surface area contributed by atoms with Gasteiger partial charge in [0.2, 0.25) is 0 Å². The quantitative estimate of drug-likeness (QED) is 0.536. The highest BCUT2D eigenvalue weighted by Gasteiger charge is 2.36. The van der Waals surface area contributed by atoms with Crippen molar-refractivity contribution in [3.8, 4) is 0 Å². The van der Waals surface area contributed by atoms with Gasteiger partial charge in [0.15, 0.2) is 5.65 Å². The summed E-state index contributed by atoms with van der Waals surface area (Å²) in [4.78, 5) is 9.62. The molecule has 24 heavy (non-hydrogen) atoms. The molecule has 2 atom stereocenters. The van der Waals surface area contributed by atoms with Crippen LogP contribution in [0.5, 0.6) is 0 Å². The fourth-order valence-electron chi connectivity index (χ4n) is 3.67. The first-order chi connectivity index (χ1) is 11.7. The summed E-state index contributed by atoms with van der Waals surface area (Å²) in [6.07, 6.45) is 10.7. The van der Waals surface area contributed by atoms with E-state index in [4.69, 9.17) is 21.6 Å². The Bertz CT molecular complexity index is 1060. The lowest BCUT2D eigenvalue weighted by Gasteiger charge is -2.34. The van der Waals surface area contributed by atoms with Gasteiger partial charge in [0.1, 0.15) is 5.65 Å². The van der Waals surface area contributed by atoms with Crippen molar-refractivity contribution in [3.05, 3.63) is 71.0 Å². The Morgan fingerprint density at radius 3 is 2.50 bits per heavy atom. The average Bonchev–Trinajstić information content (AvgIpc) is 3.10. The van der Waals surface area contributed by atoms with Crippen LogP contribution in [0.4, 0.5) is 0 Å². The molecular formula is C19H17ClN4. The number of aromatic nitrogens is 4. The minimum Gasteiger partial charge on any atom is -0.307 e. The highest BCUT2D eigenvalue weighted by atomic mass is 35.5. The number of hydrogen-bond acceptors (Lipinski definition) is 2. The summed E-state index contributed by atoms with van der Waals surface area (Å²) in [6.45, 7) is 2.10. The molecule has 120 valence electrons. The zero-order valence-corrected chi connectivity index (χ0v) is 14.1. The summed E-state index contributed by atoms with van der Waals surface area (Å²) in [5, 5.41) is 0.697. The van der Waals surface area contributed by atoms with Crippen LogP contribution in [0.25, 0.3) is 11.3 Å². The Morgan fingerprint density at radius 1 is 1.00 bits per heavy atom. The molecule has 0 saturated heterocycles. The van der Waals surface area contributed by atoms with Crippen LogP contribution in [-0.2, 0) is 0 Å². The van der Waals surface area contributed by atoms with Gasteiger partial charge in [0.25, 0.3) is 0 Å². The first-order valence-electron chi connectivity index (χ1n) is 8.27. The van der Waals surface area contributed by atoms with Crippen LogP contribution < -0.4 is 0 Å². The molecule has 0 radical (unpaired) electrons. The Morgan fingerprint density at radius 2 is 1.75 bits per heavy atom. The molecule has 1 saturated carbocycles. The minimum atomic E-state index is 0.423. The molecule has 1 fully saturated rings. The van der Waals surface area contributed by atoms with E-state index < -0.39 is 0 Å². The number of fused-ring (bicyclic) bond motifs is 2. The molecule has 5 rings (SSSR count). The third-order valence-corrected chi connectivity index (χ3v) is 5.42. The predicted molar refractivity (Wildman–Crippen MR) is 94.8 cm³/mol. The van der Waals surface area contributed by atoms with Crippen LogP contribution in [0.15, 0.2) is 49.1 Å². The van der Waals surface area contributed by atoms with Crippen molar-refractivity contribution in [3.63, 3.8) is 0 Å². The van der Waals surface area contributed by atoms with Gasteiger partial charge in [-0.25, -0.2) is 9.97 Å². The number of pyridine rings is 2. The van der Waals surface area contributed by atoms with E-state index in [1.165, 1.54) is 11.3 Å². The maximum absolute atomic E-state index is 6.26. The van der Waals surface area contributed by atoms with E-state index in [1.54, 1.807) is 0 Å². The van der Waals surface area contributed by atoms with Gasteiger partial charge >= 0.3 is 0 Å². The number of nitrogens with zero attached hydrogens (tertiary/aromatic N) is 4. The fourth-order valence-corrected chi connectivity index (χ4v) is 3.88. The first kappa shape index (κ1) is 14.1. The van der Waals surface area contributed by atoms with Crippen molar-refractivity contribution in [2.75, 3.05) is 0 Å². The zero-order chi connectivity index (χ0) is 16.3. The molecule has 1 aliphatic carbocycles. The van der Waals surface area contributed by atoms with Crippen molar-refractivity contribution < 1.29 is 0 Å². The van der Waals surface area contributed by atoms with Crippen molar-refractivity contribution in [1.82, 2.24) is 18.8 Å². The van der Waals surface area contributed by atoms with Gasteiger partial charge in [-0.3, -0.25) is 0 Å². The van der Waals surface area contributed by atoms with Crippen molar-refractivity contribution in [2.24, 2.45) is 0 Å². The average molecular weight is 337 g/mol. The largest absolute Gasteiger partial charge is 0.307 e. The maximum atomic E-state index is 6.26. The number of hydrogen-bond donors (Lipinski definition) is 0. The van der Waals surface area contributed by atoms with Crippen LogP contribution in [0.2, 0.25) is 5.02 Å². The SMILES string of the molecule is Cc1ccn2cc(C3CCC3c3cn4cccc(Cl)c4n3)nc2c1. The molecule has 2 unspecified atom stereocenters. The normalized spacial score (nSPS) is 20.6. The van der Waals surface area contributed by atoms with Crippen LogP contribution in [0.3, 0.4) is 0 Å². The molecule has 1 aliphatic rings. The van der Waals surface area contributed by atoms with E-state index in [2.05, 4.69) is 42.0 Å². The summed E-state index contributed by atoms with van der Waals surface area (Å²) < 4.78 is 4.12. The van der Waals surface area contributed by atoms with Crippen LogP contribution in [0, 0.1) is 6.92 Å². The van der Waals surface area contributed by atoms with Gasteiger partial charge in [-0.2, -0.15) is 0 Å². The van der Waals surface area contributed by atoms with E-state index in [1.807, 2.05) is 22.7 Å². The number of rotatable bonds is 2. The molecule has 4 aromatic heterocycles. The number of imidazole rings is 2. The fraction of sp³-hybridized carbons (Fsp3) is 0.263. The van der Waals surface area contributed by atoms with Gasteiger partial charge in [-0.15, -0.1) is 0 Å². The number of halogens is 1. The second-order valence-corrected chi connectivity index (χ2v) is 7.09. The van der Waals surface area contributed by atoms with Crippen LogP contribution >= 0.6 is 11.6 Å². The molecule has 0 bridgehead atoms. The lowest BCUT2D eigenvalue weighted by molar-refractivity contribution is 0.335. The van der Waals surface area contributed by atoms with E-state index in [9.17, 15) is 0 Å². The monoisotopic (exact) mass is 336 g/mol. The first-order valence-corrected chi connectivity index (χ1v) is 8.65. The summed E-state index contributed by atoms with van der Waals surface area (Å²) in [5.41, 5.74) is 5.38. The molecule has 0 spiro atoms. The summed E-state index contributed by atoms with van der Waals surface area (Å²) in [7, 11) is 0. The van der Waals surface area contributed by atoms with E-state index in [0.29, 0.717) is 16.9 Å². The molecule has 0 amide bonds. The standard InChI is InChI=1S/C19H17ClN4/c1-12-6-8-23-10-16(21-18(23)9-12)13-4-5-14(13)17-11-24-7-2-3-15(20)19(24)22-17/h2-3,6-11,13-14H,4-5H2,1H3. The molecule has 0 N–H and O–H groups in total. The molecule has 0 aromatic carbocycles. The van der Waals surface area contributed by atoms with Gasteiger partial charge in [-0.05, 0) is 49.6 Å². The Labute approximate surface area is 144 Å². The van der Waals surface area contributed by atoms with Crippen LogP contribution in [0.1, 0.15) is 41.6 Å². The molecule has 4 heterocycles. The molecule has 0 aliphatic heterocycles. The van der Waals surface area contributed by atoms with E-state index in [0.717, 1.165) is 29.8 Å². The Balaban J connectivity index is 1.53. The second-order valence-electron chi connectivity index (χ2n) is 6.68. The third kappa shape index (κ3) is 2.06. The summed E-state index contributed by atoms with van der Waals surface area (Å²) in [6, 6.07) is 8.07. The maximum Gasteiger partial charge on any atom is 0.155 e. The van der Waals surface area contributed by atoms with Crippen molar-refractivity contribution in [2.45, 2.75) is 31.6 Å². The zero-order valence-electron chi connectivity index (χ0n) is 13.4. The number of aryl methyl sites for hydroxylation is 1. The Hall–Kier alpha value is -2.33. The van der Waals surface area contributed by atoms with Crippen molar-refractivity contribution in [1.29, 1.82) is 0 Å². The molecule has 4 aromatic rings. The summed E-state index contributed by atoms with van der Waals surface area (Å²) >= 11 is 6.26. The second kappa shape index (κ2) is 5.08. The summed E-state index contributed by atoms with van der Waals surface area (Å²) in [5.74, 6) is 0.862. The lowest BCUT2D eigenvalue weighted by Crippen LogP contribution is -2.22. The molecular weight excluding hydrogens is 320 g/mol. The minimum absolute atomic E-state index is 0.423.